The number of benzene rings is 3. The van der Waals surface area contributed by atoms with Crippen LogP contribution in [0.5, 0.6) is 0 Å². The summed E-state index contributed by atoms with van der Waals surface area (Å²) < 4.78 is 1.47. The van der Waals surface area contributed by atoms with E-state index >= 15 is 0 Å². The third-order valence-corrected chi connectivity index (χ3v) is 6.68. The minimum atomic E-state index is -1.03. The molecule has 0 saturated heterocycles. The van der Waals surface area contributed by atoms with Crippen molar-refractivity contribution in [2.75, 3.05) is 6.54 Å². The number of ketones is 1. The van der Waals surface area contributed by atoms with E-state index in [4.69, 9.17) is 16.7 Å². The van der Waals surface area contributed by atoms with Crippen LogP contribution in [0, 0.1) is 0 Å². The second kappa shape index (κ2) is 10.8. The molecule has 1 aliphatic heterocycles. The van der Waals surface area contributed by atoms with Gasteiger partial charge >= 0.3 is 5.97 Å². The SMILES string of the molecule is O=C(O)c1ccc(CC(=O)[C@@H]2c3ccccc3CCN2C(=O)/C=C/c2cc(Cl)ccc2-n2cnnn2)cc1. The van der Waals surface area contributed by atoms with E-state index in [0.29, 0.717) is 34.8 Å². The molecule has 0 bridgehead atoms. The van der Waals surface area contributed by atoms with Crippen LogP contribution in [-0.4, -0.2) is 54.4 Å². The Balaban J connectivity index is 1.43. The Bertz CT molecular complexity index is 1530. The molecular weight excluding hydrogens is 506 g/mol. The van der Waals surface area contributed by atoms with Gasteiger partial charge in [-0.1, -0.05) is 48.0 Å². The number of nitrogens with zero attached hydrogens (tertiary/aromatic N) is 5. The van der Waals surface area contributed by atoms with Crippen LogP contribution in [0.2, 0.25) is 5.02 Å². The lowest BCUT2D eigenvalue weighted by Crippen LogP contribution is -2.43. The van der Waals surface area contributed by atoms with Crippen LogP contribution >= 0.6 is 11.6 Å². The second-order valence-electron chi connectivity index (χ2n) is 8.82. The van der Waals surface area contributed by atoms with Gasteiger partial charge in [-0.3, -0.25) is 9.59 Å². The second-order valence-corrected chi connectivity index (χ2v) is 9.26. The van der Waals surface area contributed by atoms with Crippen LogP contribution in [0.4, 0.5) is 0 Å². The molecule has 1 aliphatic rings. The molecule has 0 fully saturated rings. The van der Waals surface area contributed by atoms with Crippen molar-refractivity contribution in [2.24, 2.45) is 0 Å². The minimum absolute atomic E-state index is 0.0597. The number of tetrazole rings is 1. The first kappa shape index (κ1) is 25.0. The summed E-state index contributed by atoms with van der Waals surface area (Å²) in [6.07, 6.45) is 5.19. The number of aromatic nitrogens is 4. The smallest absolute Gasteiger partial charge is 0.335 e. The van der Waals surface area contributed by atoms with E-state index < -0.39 is 12.0 Å². The van der Waals surface area contributed by atoms with Gasteiger partial charge in [-0.2, -0.15) is 4.68 Å². The standard InChI is InChI=1S/C28H22ClN5O4/c29-22-10-11-24(34-17-30-31-32-34)21(16-22)9-12-26(36)33-14-13-19-3-1-2-4-23(19)27(33)25(35)15-18-5-7-20(8-6-18)28(37)38/h1-12,16-17,27H,13-15H2,(H,37,38)/b12-9+/t27-/m0/s1. The summed E-state index contributed by atoms with van der Waals surface area (Å²) in [5.41, 5.74) is 3.92. The van der Waals surface area contributed by atoms with Crippen LogP contribution in [0.3, 0.4) is 0 Å². The lowest BCUT2D eigenvalue weighted by molar-refractivity contribution is -0.136. The Morgan fingerprint density at radius 3 is 2.58 bits per heavy atom. The highest BCUT2D eigenvalue weighted by Gasteiger charge is 2.34. The highest BCUT2D eigenvalue weighted by atomic mass is 35.5. The van der Waals surface area contributed by atoms with E-state index in [0.717, 1.165) is 11.1 Å². The fraction of sp³-hybridized carbons (Fsp3) is 0.143. The largest absolute Gasteiger partial charge is 0.478 e. The number of aromatic carboxylic acids is 1. The lowest BCUT2D eigenvalue weighted by atomic mass is 9.88. The average Bonchev–Trinajstić information content (AvgIpc) is 3.46. The van der Waals surface area contributed by atoms with Gasteiger partial charge in [-0.05, 0) is 69.9 Å². The summed E-state index contributed by atoms with van der Waals surface area (Å²) in [5, 5.41) is 20.9. The van der Waals surface area contributed by atoms with Gasteiger partial charge < -0.3 is 10.0 Å². The number of hydrogen-bond donors (Lipinski definition) is 1. The maximum Gasteiger partial charge on any atom is 0.335 e. The molecule has 0 aliphatic carbocycles. The molecule has 0 unspecified atom stereocenters. The topological polar surface area (TPSA) is 118 Å². The van der Waals surface area contributed by atoms with Gasteiger partial charge in [0.15, 0.2) is 5.78 Å². The Hall–Kier alpha value is -4.63. The van der Waals surface area contributed by atoms with Gasteiger partial charge in [0.25, 0.3) is 0 Å². The number of amides is 1. The van der Waals surface area contributed by atoms with E-state index in [2.05, 4.69) is 15.5 Å². The van der Waals surface area contributed by atoms with E-state index in [9.17, 15) is 14.4 Å². The monoisotopic (exact) mass is 527 g/mol. The summed E-state index contributed by atoms with van der Waals surface area (Å²) >= 11 is 6.20. The summed E-state index contributed by atoms with van der Waals surface area (Å²) in [6.45, 7) is 0.379. The molecule has 38 heavy (non-hydrogen) atoms. The lowest BCUT2D eigenvalue weighted by Gasteiger charge is -2.36. The number of fused-ring (bicyclic) bond motifs is 1. The van der Waals surface area contributed by atoms with Crippen molar-refractivity contribution in [3.8, 4) is 5.69 Å². The summed E-state index contributed by atoms with van der Waals surface area (Å²) in [6, 6.07) is 18.2. The zero-order chi connectivity index (χ0) is 26.6. The maximum absolute atomic E-state index is 13.6. The van der Waals surface area contributed by atoms with Crippen LogP contribution in [0.1, 0.15) is 38.7 Å². The molecule has 4 aromatic rings. The highest BCUT2D eigenvalue weighted by Crippen LogP contribution is 2.32. The molecule has 9 nitrogen and oxygen atoms in total. The van der Waals surface area contributed by atoms with Crippen molar-refractivity contribution in [1.29, 1.82) is 0 Å². The van der Waals surface area contributed by atoms with Crippen LogP contribution < -0.4 is 0 Å². The summed E-state index contributed by atoms with van der Waals surface area (Å²) in [7, 11) is 0. The quantitative estimate of drug-likeness (QED) is 0.361. The third kappa shape index (κ3) is 5.23. The van der Waals surface area contributed by atoms with Gasteiger partial charge in [0, 0.05) is 29.6 Å². The molecule has 1 amide bonds. The maximum atomic E-state index is 13.6. The molecule has 2 heterocycles. The number of Topliss-reactive ketones (excluding diaryl/α,β-unsaturated/α-hetero) is 1. The normalized spacial score (nSPS) is 14.9. The summed E-state index contributed by atoms with van der Waals surface area (Å²) in [4.78, 5) is 39.9. The van der Waals surface area contributed by atoms with Crippen LogP contribution in [0.25, 0.3) is 11.8 Å². The van der Waals surface area contributed by atoms with Crippen molar-refractivity contribution in [3.63, 3.8) is 0 Å². The number of rotatable bonds is 7. The van der Waals surface area contributed by atoms with Gasteiger partial charge in [0.1, 0.15) is 12.4 Å². The fourth-order valence-corrected chi connectivity index (χ4v) is 4.79. The summed E-state index contributed by atoms with van der Waals surface area (Å²) in [5.74, 6) is -1.50. The zero-order valence-corrected chi connectivity index (χ0v) is 20.8. The molecule has 3 aromatic carbocycles. The molecule has 1 N–H and O–H groups in total. The Morgan fingerprint density at radius 1 is 1.05 bits per heavy atom. The first-order valence-corrected chi connectivity index (χ1v) is 12.2. The Labute approximate surface area is 223 Å². The zero-order valence-electron chi connectivity index (χ0n) is 20.1. The average molecular weight is 528 g/mol. The Kier molecular flexibility index (Phi) is 7.10. The van der Waals surface area contributed by atoms with Gasteiger partial charge in [-0.15, -0.1) is 5.10 Å². The third-order valence-electron chi connectivity index (χ3n) is 6.44. The van der Waals surface area contributed by atoms with Gasteiger partial charge in [0.05, 0.1) is 11.3 Å². The molecular formula is C28H22ClN5O4. The van der Waals surface area contributed by atoms with Crippen molar-refractivity contribution in [2.45, 2.75) is 18.9 Å². The molecule has 190 valence electrons. The number of carbonyl (C=O) groups excluding carboxylic acids is 2. The predicted octanol–water partition coefficient (Wildman–Crippen LogP) is 3.96. The van der Waals surface area contributed by atoms with E-state index in [1.54, 1.807) is 41.3 Å². The molecule has 1 aromatic heterocycles. The fourth-order valence-electron chi connectivity index (χ4n) is 4.61. The molecule has 5 rings (SSSR count). The molecule has 0 spiro atoms. The van der Waals surface area contributed by atoms with Crippen molar-refractivity contribution < 1.29 is 19.5 Å². The Morgan fingerprint density at radius 2 is 1.84 bits per heavy atom. The number of hydrogen-bond acceptors (Lipinski definition) is 6. The number of carboxylic acid groups (broad SMARTS) is 1. The first-order valence-electron chi connectivity index (χ1n) is 11.8. The van der Waals surface area contributed by atoms with Crippen molar-refractivity contribution >= 4 is 35.3 Å². The van der Waals surface area contributed by atoms with Crippen LogP contribution in [-0.2, 0) is 22.4 Å². The van der Waals surface area contributed by atoms with E-state index in [1.165, 1.54) is 29.2 Å². The molecule has 1 atom stereocenters. The highest BCUT2D eigenvalue weighted by molar-refractivity contribution is 6.30. The number of halogens is 1. The van der Waals surface area contributed by atoms with Gasteiger partial charge in [-0.25, -0.2) is 4.79 Å². The predicted molar refractivity (Wildman–Crippen MR) is 140 cm³/mol. The molecule has 0 radical (unpaired) electrons. The van der Waals surface area contributed by atoms with E-state index in [1.807, 2.05) is 24.3 Å². The van der Waals surface area contributed by atoms with Crippen molar-refractivity contribution in [1.82, 2.24) is 25.1 Å². The molecule has 0 saturated carbocycles. The van der Waals surface area contributed by atoms with Crippen LogP contribution in [0.15, 0.2) is 79.1 Å². The van der Waals surface area contributed by atoms with Crippen molar-refractivity contribution in [3.05, 3.63) is 112 Å². The molecule has 10 heteroatoms. The minimum Gasteiger partial charge on any atom is -0.478 e. The van der Waals surface area contributed by atoms with E-state index in [-0.39, 0.29) is 23.7 Å². The number of carbonyl (C=O) groups is 3. The first-order chi connectivity index (χ1) is 18.4. The number of carboxylic acids is 1. The van der Waals surface area contributed by atoms with Gasteiger partial charge in [0.2, 0.25) is 5.91 Å².